The lowest BCUT2D eigenvalue weighted by atomic mass is 10.2. The molecular formula is C17H19ClN6O2S. The highest BCUT2D eigenvalue weighted by Gasteiger charge is 2.20. The fourth-order valence-electron chi connectivity index (χ4n) is 2.85. The number of nitrogens with zero attached hydrogens (tertiary/aromatic N) is 6. The Bertz CT molecular complexity index is 908. The minimum Gasteiger partial charge on any atom is -0.378 e. The molecule has 27 heavy (non-hydrogen) atoms. The Kier molecular flexibility index (Phi) is 5.61. The number of halogens is 1. The van der Waals surface area contributed by atoms with E-state index < -0.39 is 0 Å². The summed E-state index contributed by atoms with van der Waals surface area (Å²) in [6.45, 7) is 5.96. The largest absolute Gasteiger partial charge is 0.378 e. The van der Waals surface area contributed by atoms with Crippen LogP contribution < -0.4 is 4.90 Å². The molecule has 0 radical (unpaired) electrons. The van der Waals surface area contributed by atoms with Crippen LogP contribution in [0.25, 0.3) is 11.4 Å². The van der Waals surface area contributed by atoms with Crippen molar-refractivity contribution in [3.63, 3.8) is 0 Å². The summed E-state index contributed by atoms with van der Waals surface area (Å²) < 4.78 is 12.9. The van der Waals surface area contributed by atoms with Gasteiger partial charge in [-0.1, -0.05) is 40.7 Å². The second-order valence-corrected chi connectivity index (χ2v) is 7.32. The van der Waals surface area contributed by atoms with Gasteiger partial charge in [0.15, 0.2) is 5.16 Å². The lowest BCUT2D eigenvalue weighted by Crippen LogP contribution is -2.38. The third kappa shape index (κ3) is 4.10. The molecule has 0 atom stereocenters. The van der Waals surface area contributed by atoms with Crippen LogP contribution in [0, 0.1) is 0 Å². The van der Waals surface area contributed by atoms with Crippen LogP contribution in [-0.2, 0) is 17.0 Å². The summed E-state index contributed by atoms with van der Waals surface area (Å²) in [6.07, 6.45) is 0. The molecule has 1 aliphatic rings. The van der Waals surface area contributed by atoms with Crippen molar-refractivity contribution in [2.45, 2.75) is 24.4 Å². The van der Waals surface area contributed by atoms with Crippen LogP contribution in [0.2, 0.25) is 5.02 Å². The van der Waals surface area contributed by atoms with Gasteiger partial charge in [-0.2, -0.15) is 4.98 Å². The van der Waals surface area contributed by atoms with E-state index in [2.05, 4.69) is 36.7 Å². The van der Waals surface area contributed by atoms with Crippen molar-refractivity contribution in [2.24, 2.45) is 0 Å². The predicted octanol–water partition coefficient (Wildman–Crippen LogP) is 3.13. The van der Waals surface area contributed by atoms with Crippen molar-refractivity contribution in [3.8, 4) is 11.4 Å². The summed E-state index contributed by atoms with van der Waals surface area (Å²) in [5.41, 5.74) is 0.828. The average molecular weight is 407 g/mol. The fourth-order valence-corrected chi connectivity index (χ4v) is 3.87. The predicted molar refractivity (Wildman–Crippen MR) is 103 cm³/mol. The van der Waals surface area contributed by atoms with Gasteiger partial charge in [0.1, 0.15) is 0 Å². The van der Waals surface area contributed by atoms with E-state index in [9.17, 15) is 0 Å². The van der Waals surface area contributed by atoms with Crippen LogP contribution in [0.1, 0.15) is 12.8 Å². The van der Waals surface area contributed by atoms with Crippen molar-refractivity contribution >= 4 is 29.3 Å². The molecule has 2 aromatic heterocycles. The molecule has 0 aliphatic carbocycles. The molecule has 10 heteroatoms. The lowest BCUT2D eigenvalue weighted by molar-refractivity contribution is 0.121. The van der Waals surface area contributed by atoms with Crippen molar-refractivity contribution in [3.05, 3.63) is 35.2 Å². The molecule has 3 aromatic rings. The van der Waals surface area contributed by atoms with E-state index >= 15 is 0 Å². The molecule has 0 amide bonds. The van der Waals surface area contributed by atoms with Gasteiger partial charge in [-0.15, -0.1) is 10.2 Å². The van der Waals surface area contributed by atoms with E-state index in [4.69, 9.17) is 20.9 Å². The molecule has 0 unspecified atom stereocenters. The number of morpholine rings is 1. The number of anilines is 1. The second kappa shape index (κ2) is 8.28. The molecule has 4 rings (SSSR count). The molecule has 1 saturated heterocycles. The summed E-state index contributed by atoms with van der Waals surface area (Å²) in [5, 5.41) is 14.2. The monoisotopic (exact) mass is 406 g/mol. The first-order valence-electron chi connectivity index (χ1n) is 8.72. The Morgan fingerprint density at radius 3 is 2.85 bits per heavy atom. The Morgan fingerprint density at radius 1 is 1.22 bits per heavy atom. The van der Waals surface area contributed by atoms with Gasteiger partial charge in [-0.05, 0) is 19.1 Å². The number of thioether (sulfide) groups is 1. The molecule has 3 heterocycles. The van der Waals surface area contributed by atoms with E-state index in [-0.39, 0.29) is 0 Å². The molecular weight excluding hydrogens is 388 g/mol. The quantitative estimate of drug-likeness (QED) is 0.577. The zero-order valence-electron chi connectivity index (χ0n) is 14.8. The minimum atomic E-state index is 0.523. The Balaban J connectivity index is 1.45. The molecule has 0 saturated carbocycles. The summed E-state index contributed by atoms with van der Waals surface area (Å²) in [6, 6.07) is 7.38. The van der Waals surface area contributed by atoms with Gasteiger partial charge in [0, 0.05) is 30.2 Å². The van der Waals surface area contributed by atoms with Gasteiger partial charge in [0.2, 0.25) is 17.7 Å². The van der Waals surface area contributed by atoms with Crippen LogP contribution in [0.3, 0.4) is 0 Å². The lowest BCUT2D eigenvalue weighted by Gasteiger charge is -2.27. The minimum absolute atomic E-state index is 0.523. The van der Waals surface area contributed by atoms with E-state index in [1.807, 2.05) is 24.3 Å². The summed E-state index contributed by atoms with van der Waals surface area (Å²) in [5.74, 6) is 2.47. The number of rotatable bonds is 6. The molecule has 8 nitrogen and oxygen atoms in total. The van der Waals surface area contributed by atoms with Crippen LogP contribution in [-0.4, -0.2) is 51.2 Å². The summed E-state index contributed by atoms with van der Waals surface area (Å²) >= 11 is 7.55. The number of ether oxygens (including phenoxy) is 1. The second-order valence-electron chi connectivity index (χ2n) is 5.94. The zero-order chi connectivity index (χ0) is 18.6. The van der Waals surface area contributed by atoms with Crippen molar-refractivity contribution in [1.29, 1.82) is 0 Å². The number of hydrogen-bond acceptors (Lipinski definition) is 8. The zero-order valence-corrected chi connectivity index (χ0v) is 16.4. The van der Waals surface area contributed by atoms with Gasteiger partial charge in [0.05, 0.1) is 19.0 Å². The van der Waals surface area contributed by atoms with E-state index in [1.54, 1.807) is 0 Å². The normalized spacial score (nSPS) is 14.7. The molecule has 0 N–H and O–H groups in total. The molecule has 142 valence electrons. The maximum atomic E-state index is 6.02. The molecule has 0 spiro atoms. The fraction of sp³-hybridized carbons (Fsp3) is 0.412. The first-order chi connectivity index (χ1) is 13.2. The van der Waals surface area contributed by atoms with Gasteiger partial charge in [-0.25, -0.2) is 0 Å². The van der Waals surface area contributed by atoms with Gasteiger partial charge >= 0.3 is 0 Å². The maximum Gasteiger partial charge on any atom is 0.237 e. The van der Waals surface area contributed by atoms with E-state index in [0.717, 1.165) is 36.3 Å². The van der Waals surface area contributed by atoms with Crippen LogP contribution in [0.15, 0.2) is 33.9 Å². The highest BCUT2D eigenvalue weighted by molar-refractivity contribution is 7.98. The standard InChI is InChI=1S/C17H19ClN6O2S/c1-2-24-16(23-6-8-25-9-7-23)20-21-17(24)27-11-14-19-15(22-26-14)12-4-3-5-13(18)10-12/h3-5,10H,2,6-9,11H2,1H3. The Labute approximate surface area is 165 Å². The van der Waals surface area contributed by atoms with Crippen LogP contribution in [0.5, 0.6) is 0 Å². The highest BCUT2D eigenvalue weighted by atomic mass is 35.5. The van der Waals surface area contributed by atoms with Crippen molar-refractivity contribution in [2.75, 3.05) is 31.2 Å². The van der Waals surface area contributed by atoms with Gasteiger partial charge in [-0.3, -0.25) is 4.57 Å². The van der Waals surface area contributed by atoms with E-state index in [1.165, 1.54) is 11.8 Å². The third-order valence-corrected chi connectivity index (χ3v) is 5.37. The molecule has 1 fully saturated rings. The first kappa shape index (κ1) is 18.3. The molecule has 0 bridgehead atoms. The number of hydrogen-bond donors (Lipinski definition) is 0. The Morgan fingerprint density at radius 2 is 2.07 bits per heavy atom. The van der Waals surface area contributed by atoms with Crippen LogP contribution in [0.4, 0.5) is 5.95 Å². The van der Waals surface area contributed by atoms with Gasteiger partial charge in [0.25, 0.3) is 0 Å². The average Bonchev–Trinajstić information content (AvgIpc) is 3.34. The van der Waals surface area contributed by atoms with Crippen molar-refractivity contribution in [1.82, 2.24) is 24.9 Å². The highest BCUT2D eigenvalue weighted by Crippen LogP contribution is 2.26. The van der Waals surface area contributed by atoms with Crippen molar-refractivity contribution < 1.29 is 9.26 Å². The molecule has 1 aromatic carbocycles. The summed E-state index contributed by atoms with van der Waals surface area (Å²) in [7, 11) is 0. The Hall–Kier alpha value is -2.10. The third-order valence-electron chi connectivity index (χ3n) is 4.18. The van der Waals surface area contributed by atoms with Crippen LogP contribution >= 0.6 is 23.4 Å². The SMILES string of the molecule is CCn1c(SCc2nc(-c3cccc(Cl)c3)no2)nnc1N1CCOCC1. The number of benzene rings is 1. The van der Waals surface area contributed by atoms with E-state index in [0.29, 0.717) is 35.7 Å². The molecule has 1 aliphatic heterocycles. The summed E-state index contributed by atoms with van der Waals surface area (Å²) in [4.78, 5) is 6.65. The first-order valence-corrected chi connectivity index (χ1v) is 10.1. The maximum absolute atomic E-state index is 6.02. The number of aromatic nitrogens is 5. The topological polar surface area (TPSA) is 82.1 Å². The smallest absolute Gasteiger partial charge is 0.237 e. The van der Waals surface area contributed by atoms with Gasteiger partial charge < -0.3 is 14.2 Å².